The van der Waals surface area contributed by atoms with Crippen LogP contribution in [0.5, 0.6) is 0 Å². The van der Waals surface area contributed by atoms with Gasteiger partial charge in [0, 0.05) is 22.9 Å². The van der Waals surface area contributed by atoms with Crippen molar-refractivity contribution in [3.63, 3.8) is 0 Å². The molecule has 1 aromatic carbocycles. The summed E-state index contributed by atoms with van der Waals surface area (Å²) in [6, 6.07) is 8.84. The molecular weight excluding hydrogens is 286 g/mol. The molecule has 1 heterocycles. The van der Waals surface area contributed by atoms with Crippen LogP contribution in [0.1, 0.15) is 18.9 Å². The monoisotopic (exact) mass is 301 g/mol. The fourth-order valence-electron chi connectivity index (χ4n) is 2.40. The first-order valence-electron chi connectivity index (χ1n) is 5.75. The Bertz CT molecular complexity index is 356. The second kappa shape index (κ2) is 5.52. The molecule has 0 aromatic heterocycles. The predicted molar refractivity (Wildman–Crippen MR) is 73.2 cm³/mol. The summed E-state index contributed by atoms with van der Waals surface area (Å²) in [5.41, 5.74) is 1.31. The maximum atomic E-state index is 6.00. The quantitative estimate of drug-likeness (QED) is 0.764. The van der Waals surface area contributed by atoms with E-state index in [9.17, 15) is 0 Å². The van der Waals surface area contributed by atoms with E-state index in [1.54, 1.807) is 0 Å². The summed E-state index contributed by atoms with van der Waals surface area (Å²) in [4.78, 5) is 2.55. The van der Waals surface area contributed by atoms with Crippen molar-refractivity contribution >= 4 is 27.5 Å². The molecule has 88 valence electrons. The second-order valence-electron chi connectivity index (χ2n) is 4.59. The fourth-order valence-corrected chi connectivity index (χ4v) is 3.66. The molecule has 2 atom stereocenters. The van der Waals surface area contributed by atoms with Gasteiger partial charge >= 0.3 is 0 Å². The Hall–Kier alpha value is -0.0500. The van der Waals surface area contributed by atoms with E-state index in [-0.39, 0.29) is 0 Å². The molecule has 16 heavy (non-hydrogen) atoms. The lowest BCUT2D eigenvalue weighted by molar-refractivity contribution is 0.244. The molecular formula is C13H17BrClN. The van der Waals surface area contributed by atoms with Crippen molar-refractivity contribution in [1.82, 2.24) is 4.90 Å². The van der Waals surface area contributed by atoms with Gasteiger partial charge in [0.05, 0.1) is 0 Å². The van der Waals surface area contributed by atoms with Crippen molar-refractivity contribution in [2.45, 2.75) is 25.9 Å². The predicted octanol–water partition coefficient (Wildman–Crippen LogP) is 3.95. The molecule has 3 heteroatoms. The van der Waals surface area contributed by atoms with Crippen LogP contribution in [0, 0.1) is 5.92 Å². The summed E-state index contributed by atoms with van der Waals surface area (Å²) in [7, 11) is 0. The Morgan fingerprint density at radius 2 is 2.31 bits per heavy atom. The van der Waals surface area contributed by atoms with Crippen LogP contribution in [0.4, 0.5) is 0 Å². The van der Waals surface area contributed by atoms with Gasteiger partial charge in [-0.2, -0.15) is 0 Å². The summed E-state index contributed by atoms with van der Waals surface area (Å²) < 4.78 is 0. The van der Waals surface area contributed by atoms with Gasteiger partial charge in [-0.3, -0.25) is 4.90 Å². The van der Waals surface area contributed by atoms with E-state index in [0.29, 0.717) is 6.04 Å². The van der Waals surface area contributed by atoms with Crippen LogP contribution in [0.25, 0.3) is 0 Å². The standard InChI is InChI=1S/C13H17BrClN/c1-10-5-6-16(13(10)8-14)9-11-3-2-4-12(15)7-11/h2-4,7,10,13H,5-6,8-9H2,1H3. The minimum Gasteiger partial charge on any atom is -0.295 e. The smallest absolute Gasteiger partial charge is 0.0409 e. The van der Waals surface area contributed by atoms with Gasteiger partial charge in [0.1, 0.15) is 0 Å². The average molecular weight is 303 g/mol. The van der Waals surface area contributed by atoms with Crippen molar-refractivity contribution in [1.29, 1.82) is 0 Å². The van der Waals surface area contributed by atoms with E-state index in [2.05, 4.69) is 39.9 Å². The van der Waals surface area contributed by atoms with E-state index in [1.807, 2.05) is 12.1 Å². The van der Waals surface area contributed by atoms with Crippen molar-refractivity contribution < 1.29 is 0 Å². The SMILES string of the molecule is CC1CCN(Cc2cccc(Cl)c2)C1CBr. The first-order chi connectivity index (χ1) is 7.70. The molecule has 0 bridgehead atoms. The van der Waals surface area contributed by atoms with Crippen LogP contribution >= 0.6 is 27.5 Å². The maximum Gasteiger partial charge on any atom is 0.0409 e. The minimum atomic E-state index is 0.666. The number of alkyl halides is 1. The van der Waals surface area contributed by atoms with Crippen molar-refractivity contribution in [3.05, 3.63) is 34.9 Å². The number of hydrogen-bond donors (Lipinski definition) is 0. The summed E-state index contributed by atoms with van der Waals surface area (Å²) in [6.07, 6.45) is 1.30. The molecule has 1 aromatic rings. The molecule has 0 saturated carbocycles. The number of rotatable bonds is 3. The van der Waals surface area contributed by atoms with Crippen molar-refractivity contribution in [2.24, 2.45) is 5.92 Å². The van der Waals surface area contributed by atoms with E-state index < -0.39 is 0 Å². The zero-order valence-electron chi connectivity index (χ0n) is 9.50. The third-order valence-electron chi connectivity index (χ3n) is 3.43. The second-order valence-corrected chi connectivity index (χ2v) is 5.67. The van der Waals surface area contributed by atoms with Gasteiger partial charge in [0.2, 0.25) is 0 Å². The van der Waals surface area contributed by atoms with Gasteiger partial charge in [0.15, 0.2) is 0 Å². The lowest BCUT2D eigenvalue weighted by Crippen LogP contribution is -2.32. The number of nitrogens with zero attached hydrogens (tertiary/aromatic N) is 1. The van der Waals surface area contributed by atoms with Crippen LogP contribution in [0.15, 0.2) is 24.3 Å². The van der Waals surface area contributed by atoms with Gasteiger partial charge < -0.3 is 0 Å². The number of halogens is 2. The fraction of sp³-hybridized carbons (Fsp3) is 0.538. The van der Waals surface area contributed by atoms with E-state index in [4.69, 9.17) is 11.6 Å². The lowest BCUT2D eigenvalue weighted by atomic mass is 10.1. The van der Waals surface area contributed by atoms with E-state index in [0.717, 1.165) is 22.8 Å². The molecule has 2 rings (SSSR count). The van der Waals surface area contributed by atoms with Crippen LogP contribution in [0.2, 0.25) is 5.02 Å². The third-order valence-corrected chi connectivity index (χ3v) is 4.33. The van der Waals surface area contributed by atoms with Crippen molar-refractivity contribution in [3.8, 4) is 0 Å². The Balaban J connectivity index is 2.04. The molecule has 0 aliphatic carbocycles. The zero-order valence-corrected chi connectivity index (χ0v) is 11.8. The minimum absolute atomic E-state index is 0.666. The van der Waals surface area contributed by atoms with Gasteiger partial charge in [-0.05, 0) is 36.6 Å². The first-order valence-corrected chi connectivity index (χ1v) is 7.25. The number of hydrogen-bond acceptors (Lipinski definition) is 1. The first kappa shape index (κ1) is 12.4. The van der Waals surface area contributed by atoms with Crippen LogP contribution in [-0.4, -0.2) is 22.8 Å². The molecule has 1 aliphatic rings. The Labute approximate surface area is 111 Å². The summed E-state index contributed by atoms with van der Waals surface area (Å²) in [5.74, 6) is 0.790. The van der Waals surface area contributed by atoms with Gasteiger partial charge in [-0.25, -0.2) is 0 Å². The van der Waals surface area contributed by atoms with E-state index in [1.165, 1.54) is 18.5 Å². The summed E-state index contributed by atoms with van der Waals surface area (Å²) in [6.45, 7) is 4.55. The molecule has 2 unspecified atom stereocenters. The Morgan fingerprint density at radius 3 is 3.00 bits per heavy atom. The maximum absolute atomic E-state index is 6.00. The molecule has 0 N–H and O–H groups in total. The molecule has 0 spiro atoms. The van der Waals surface area contributed by atoms with Gasteiger partial charge in [0.25, 0.3) is 0 Å². The normalized spacial score (nSPS) is 26.2. The molecule has 1 aliphatic heterocycles. The van der Waals surface area contributed by atoms with Crippen molar-refractivity contribution in [2.75, 3.05) is 11.9 Å². The van der Waals surface area contributed by atoms with Crippen LogP contribution in [0.3, 0.4) is 0 Å². The number of likely N-dealkylation sites (tertiary alicyclic amines) is 1. The topological polar surface area (TPSA) is 3.24 Å². The Morgan fingerprint density at radius 1 is 1.50 bits per heavy atom. The zero-order chi connectivity index (χ0) is 11.5. The van der Waals surface area contributed by atoms with E-state index >= 15 is 0 Å². The molecule has 1 nitrogen and oxygen atoms in total. The highest BCUT2D eigenvalue weighted by atomic mass is 79.9. The highest BCUT2D eigenvalue weighted by Gasteiger charge is 2.29. The molecule has 0 amide bonds. The number of benzene rings is 1. The summed E-state index contributed by atoms with van der Waals surface area (Å²) in [5, 5.41) is 1.90. The summed E-state index contributed by atoms with van der Waals surface area (Å²) >= 11 is 9.62. The molecule has 0 radical (unpaired) electrons. The van der Waals surface area contributed by atoms with Crippen LogP contribution < -0.4 is 0 Å². The average Bonchev–Trinajstić information content (AvgIpc) is 2.59. The highest BCUT2D eigenvalue weighted by Crippen LogP contribution is 2.27. The largest absolute Gasteiger partial charge is 0.295 e. The Kier molecular flexibility index (Phi) is 4.28. The van der Waals surface area contributed by atoms with Gasteiger partial charge in [-0.1, -0.05) is 46.6 Å². The molecule has 1 saturated heterocycles. The van der Waals surface area contributed by atoms with Crippen LogP contribution in [-0.2, 0) is 6.54 Å². The third kappa shape index (κ3) is 2.79. The molecule has 1 fully saturated rings. The van der Waals surface area contributed by atoms with Gasteiger partial charge in [-0.15, -0.1) is 0 Å². The lowest BCUT2D eigenvalue weighted by Gasteiger charge is -2.25. The highest BCUT2D eigenvalue weighted by molar-refractivity contribution is 9.09.